The molecule has 1 fully saturated rings. The van der Waals surface area contributed by atoms with Gasteiger partial charge in [-0.3, -0.25) is 0 Å². The summed E-state index contributed by atoms with van der Waals surface area (Å²) in [6.07, 6.45) is 3.08. The lowest BCUT2D eigenvalue weighted by Crippen LogP contribution is -2.36. The summed E-state index contributed by atoms with van der Waals surface area (Å²) in [6.45, 7) is 6.77. The van der Waals surface area contributed by atoms with Crippen LogP contribution in [0.15, 0.2) is 0 Å². The normalized spacial score (nSPS) is 26.3. The van der Waals surface area contributed by atoms with Crippen molar-refractivity contribution in [2.75, 3.05) is 27.4 Å². The number of esters is 1. The first-order chi connectivity index (χ1) is 9.97. The number of hydrogen-bond acceptors (Lipinski definition) is 5. The zero-order valence-electron chi connectivity index (χ0n) is 14.0. The third-order valence-corrected chi connectivity index (χ3v) is 4.28. The molecule has 0 aromatic carbocycles. The number of hydrogen-bond donors (Lipinski definition) is 0. The standard InChI is InChI=1S/C16H30O5/c1-11(2)13-7-6-12(3)8-14(13)20-9-15(17)21-10-16(18-4)19-5/h11-14,16H,6-10H2,1-5H3. The number of carbonyl (C=O) groups excluding carboxylic acids is 1. The molecule has 0 aliphatic heterocycles. The fraction of sp³-hybridized carbons (Fsp3) is 0.938. The highest BCUT2D eigenvalue weighted by Crippen LogP contribution is 2.35. The van der Waals surface area contributed by atoms with Gasteiger partial charge in [-0.2, -0.15) is 0 Å². The SMILES string of the molecule is COC(COC(=O)COC1CC(C)CCC1C(C)C)OC. The lowest BCUT2D eigenvalue weighted by molar-refractivity contribution is -0.174. The van der Waals surface area contributed by atoms with Crippen LogP contribution in [-0.4, -0.2) is 45.8 Å². The van der Waals surface area contributed by atoms with Crippen molar-refractivity contribution in [2.45, 2.75) is 52.4 Å². The van der Waals surface area contributed by atoms with Gasteiger partial charge < -0.3 is 18.9 Å². The average molecular weight is 302 g/mol. The summed E-state index contributed by atoms with van der Waals surface area (Å²) < 4.78 is 20.9. The maximum atomic E-state index is 11.7. The Morgan fingerprint density at radius 3 is 2.43 bits per heavy atom. The van der Waals surface area contributed by atoms with E-state index >= 15 is 0 Å². The van der Waals surface area contributed by atoms with Crippen molar-refractivity contribution < 1.29 is 23.7 Å². The first-order valence-electron chi connectivity index (χ1n) is 7.80. The zero-order valence-corrected chi connectivity index (χ0v) is 14.0. The summed E-state index contributed by atoms with van der Waals surface area (Å²) in [5, 5.41) is 0. The molecule has 0 spiro atoms. The van der Waals surface area contributed by atoms with Crippen LogP contribution >= 0.6 is 0 Å². The highest BCUT2D eigenvalue weighted by atomic mass is 16.7. The van der Waals surface area contributed by atoms with Crippen molar-refractivity contribution in [3.63, 3.8) is 0 Å². The summed E-state index contributed by atoms with van der Waals surface area (Å²) in [6, 6.07) is 0. The van der Waals surface area contributed by atoms with E-state index in [2.05, 4.69) is 20.8 Å². The van der Waals surface area contributed by atoms with Gasteiger partial charge in [0.05, 0.1) is 6.10 Å². The first-order valence-corrected chi connectivity index (χ1v) is 7.80. The Labute approximate surface area is 128 Å². The monoisotopic (exact) mass is 302 g/mol. The highest BCUT2D eigenvalue weighted by molar-refractivity contribution is 5.70. The Kier molecular flexibility index (Phi) is 8.22. The number of methoxy groups -OCH3 is 2. The molecule has 0 aromatic rings. The minimum Gasteiger partial charge on any atom is -0.459 e. The Balaban J connectivity index is 2.35. The minimum absolute atomic E-state index is 0.000749. The van der Waals surface area contributed by atoms with Gasteiger partial charge >= 0.3 is 5.97 Å². The average Bonchev–Trinajstić information content (AvgIpc) is 2.45. The van der Waals surface area contributed by atoms with Gasteiger partial charge in [-0.1, -0.05) is 27.2 Å². The second-order valence-corrected chi connectivity index (χ2v) is 6.26. The Morgan fingerprint density at radius 2 is 1.86 bits per heavy atom. The summed E-state index contributed by atoms with van der Waals surface area (Å²) in [7, 11) is 3.02. The molecule has 0 N–H and O–H groups in total. The van der Waals surface area contributed by atoms with E-state index in [1.54, 1.807) is 0 Å². The van der Waals surface area contributed by atoms with Crippen molar-refractivity contribution in [3.8, 4) is 0 Å². The second-order valence-electron chi connectivity index (χ2n) is 6.26. The van der Waals surface area contributed by atoms with Gasteiger partial charge in [0.15, 0.2) is 6.29 Å². The third kappa shape index (κ3) is 6.32. The topological polar surface area (TPSA) is 54.0 Å². The molecule has 0 heterocycles. The van der Waals surface area contributed by atoms with Crippen molar-refractivity contribution >= 4 is 5.97 Å². The maximum Gasteiger partial charge on any atom is 0.332 e. The molecule has 1 aliphatic rings. The fourth-order valence-corrected chi connectivity index (χ4v) is 2.92. The van der Waals surface area contributed by atoms with Gasteiger partial charge in [0, 0.05) is 14.2 Å². The predicted molar refractivity (Wildman–Crippen MR) is 79.8 cm³/mol. The van der Waals surface area contributed by atoms with E-state index in [0.717, 1.165) is 6.42 Å². The van der Waals surface area contributed by atoms with Gasteiger partial charge in [0.25, 0.3) is 0 Å². The van der Waals surface area contributed by atoms with E-state index in [1.165, 1.54) is 27.1 Å². The van der Waals surface area contributed by atoms with Crippen molar-refractivity contribution in [2.24, 2.45) is 17.8 Å². The molecule has 21 heavy (non-hydrogen) atoms. The fourth-order valence-electron chi connectivity index (χ4n) is 2.92. The van der Waals surface area contributed by atoms with Crippen LogP contribution in [0, 0.1) is 17.8 Å². The minimum atomic E-state index is -0.521. The van der Waals surface area contributed by atoms with Crippen LogP contribution in [0.3, 0.4) is 0 Å². The van der Waals surface area contributed by atoms with E-state index in [1.807, 2.05) is 0 Å². The Bertz CT molecular complexity index is 301. The van der Waals surface area contributed by atoms with Gasteiger partial charge in [-0.05, 0) is 30.6 Å². The molecule has 0 saturated heterocycles. The molecule has 3 atom stereocenters. The molecule has 0 bridgehead atoms. The largest absolute Gasteiger partial charge is 0.459 e. The summed E-state index contributed by atoms with van der Waals surface area (Å²) in [5.74, 6) is 1.40. The van der Waals surface area contributed by atoms with Crippen LogP contribution in [-0.2, 0) is 23.7 Å². The van der Waals surface area contributed by atoms with Gasteiger partial charge in [0.1, 0.15) is 13.2 Å². The van der Waals surface area contributed by atoms with Crippen LogP contribution in [0.4, 0.5) is 0 Å². The lowest BCUT2D eigenvalue weighted by atomic mass is 9.75. The molecule has 1 aliphatic carbocycles. The smallest absolute Gasteiger partial charge is 0.332 e. The third-order valence-electron chi connectivity index (χ3n) is 4.28. The first kappa shape index (κ1) is 18.4. The Morgan fingerprint density at radius 1 is 1.19 bits per heavy atom. The van der Waals surface area contributed by atoms with Crippen LogP contribution < -0.4 is 0 Å². The summed E-state index contributed by atoms with van der Waals surface area (Å²) >= 11 is 0. The second kappa shape index (κ2) is 9.38. The van der Waals surface area contributed by atoms with Crippen molar-refractivity contribution in [1.82, 2.24) is 0 Å². The zero-order chi connectivity index (χ0) is 15.8. The van der Waals surface area contributed by atoms with Gasteiger partial charge in [-0.15, -0.1) is 0 Å². The van der Waals surface area contributed by atoms with E-state index in [4.69, 9.17) is 18.9 Å². The van der Waals surface area contributed by atoms with E-state index in [9.17, 15) is 4.79 Å². The van der Waals surface area contributed by atoms with Gasteiger partial charge in [-0.25, -0.2) is 4.79 Å². The van der Waals surface area contributed by atoms with Gasteiger partial charge in [0.2, 0.25) is 0 Å². The molecule has 3 unspecified atom stereocenters. The van der Waals surface area contributed by atoms with Crippen LogP contribution in [0.2, 0.25) is 0 Å². The van der Waals surface area contributed by atoms with E-state index in [-0.39, 0.29) is 25.3 Å². The summed E-state index contributed by atoms with van der Waals surface area (Å²) in [4.78, 5) is 11.7. The molecule has 0 amide bonds. The molecule has 5 nitrogen and oxygen atoms in total. The van der Waals surface area contributed by atoms with Crippen LogP contribution in [0.5, 0.6) is 0 Å². The number of rotatable bonds is 8. The van der Waals surface area contributed by atoms with E-state index < -0.39 is 6.29 Å². The lowest BCUT2D eigenvalue weighted by Gasteiger charge is -2.36. The van der Waals surface area contributed by atoms with Crippen LogP contribution in [0.25, 0.3) is 0 Å². The molecule has 5 heteroatoms. The van der Waals surface area contributed by atoms with Crippen LogP contribution in [0.1, 0.15) is 40.0 Å². The number of carbonyl (C=O) groups is 1. The molecule has 0 radical (unpaired) electrons. The highest BCUT2D eigenvalue weighted by Gasteiger charge is 2.31. The molecule has 0 aromatic heterocycles. The predicted octanol–water partition coefficient (Wildman–Crippen LogP) is 2.63. The van der Waals surface area contributed by atoms with Crippen molar-refractivity contribution in [3.05, 3.63) is 0 Å². The maximum absolute atomic E-state index is 11.7. The molecule has 1 rings (SSSR count). The molecule has 124 valence electrons. The summed E-state index contributed by atoms with van der Waals surface area (Å²) in [5.41, 5.74) is 0. The van der Waals surface area contributed by atoms with E-state index in [0.29, 0.717) is 17.8 Å². The molecular formula is C16H30O5. The van der Waals surface area contributed by atoms with Crippen molar-refractivity contribution in [1.29, 1.82) is 0 Å². The Hall–Kier alpha value is -0.650. The number of ether oxygens (including phenoxy) is 4. The molecular weight excluding hydrogens is 272 g/mol. The quantitative estimate of drug-likeness (QED) is 0.509. The molecule has 1 saturated carbocycles.